The van der Waals surface area contributed by atoms with Crippen LogP contribution in [0.4, 0.5) is 0 Å². The molecule has 0 bridgehead atoms. The lowest BCUT2D eigenvalue weighted by atomic mass is 9.74. The van der Waals surface area contributed by atoms with Crippen molar-refractivity contribution in [3.8, 4) is 0 Å². The molecule has 0 aromatic carbocycles. The number of hydrogen-bond donors (Lipinski definition) is 1. The standard InChI is InChI=1S/C14H26O2/c1-5-10-6-8-11(9-7-10)12(15)13(16)14(2,3)4/h10-11,13,16H,5-9H2,1-4H3. The minimum atomic E-state index is -0.796. The van der Waals surface area contributed by atoms with Gasteiger partial charge in [-0.2, -0.15) is 0 Å². The molecule has 94 valence electrons. The van der Waals surface area contributed by atoms with Gasteiger partial charge in [0.05, 0.1) is 0 Å². The molecule has 0 aromatic heterocycles. The Hall–Kier alpha value is -0.370. The van der Waals surface area contributed by atoms with E-state index in [2.05, 4.69) is 6.92 Å². The Bertz CT molecular complexity index is 232. The fourth-order valence-corrected chi connectivity index (χ4v) is 2.51. The molecule has 2 heteroatoms. The molecule has 1 unspecified atom stereocenters. The third-order valence-electron chi connectivity index (χ3n) is 3.92. The maximum absolute atomic E-state index is 12.1. The normalized spacial score (nSPS) is 28.8. The van der Waals surface area contributed by atoms with Crippen LogP contribution in [0, 0.1) is 17.3 Å². The molecule has 1 aliphatic carbocycles. The van der Waals surface area contributed by atoms with Crippen molar-refractivity contribution in [1.82, 2.24) is 0 Å². The average Bonchev–Trinajstić information content (AvgIpc) is 2.26. The van der Waals surface area contributed by atoms with Crippen LogP contribution in [0.2, 0.25) is 0 Å². The first-order chi connectivity index (χ1) is 7.36. The SMILES string of the molecule is CCC1CCC(C(=O)C(O)C(C)(C)C)CC1. The van der Waals surface area contributed by atoms with E-state index in [1.807, 2.05) is 20.8 Å². The van der Waals surface area contributed by atoms with Gasteiger partial charge in [0.25, 0.3) is 0 Å². The number of hydrogen-bond acceptors (Lipinski definition) is 2. The maximum atomic E-state index is 12.1. The molecule has 2 nitrogen and oxygen atoms in total. The number of ketones is 1. The van der Waals surface area contributed by atoms with Crippen molar-refractivity contribution < 1.29 is 9.90 Å². The monoisotopic (exact) mass is 226 g/mol. The van der Waals surface area contributed by atoms with Gasteiger partial charge in [-0.3, -0.25) is 4.79 Å². The molecule has 1 rings (SSSR count). The molecule has 0 spiro atoms. The molecule has 0 aliphatic heterocycles. The zero-order chi connectivity index (χ0) is 12.3. The van der Waals surface area contributed by atoms with Crippen LogP contribution in [0.15, 0.2) is 0 Å². The van der Waals surface area contributed by atoms with Crippen LogP contribution in [0.25, 0.3) is 0 Å². The summed E-state index contributed by atoms with van der Waals surface area (Å²) in [7, 11) is 0. The van der Waals surface area contributed by atoms with Crippen molar-refractivity contribution in [1.29, 1.82) is 0 Å². The molecule has 0 amide bonds. The van der Waals surface area contributed by atoms with Crippen molar-refractivity contribution in [2.75, 3.05) is 0 Å². The van der Waals surface area contributed by atoms with Gasteiger partial charge in [0, 0.05) is 5.92 Å². The summed E-state index contributed by atoms with van der Waals surface area (Å²) in [6, 6.07) is 0. The molecular weight excluding hydrogens is 200 g/mol. The van der Waals surface area contributed by atoms with Crippen LogP contribution in [0.3, 0.4) is 0 Å². The van der Waals surface area contributed by atoms with Crippen molar-refractivity contribution in [2.24, 2.45) is 17.3 Å². The van der Waals surface area contributed by atoms with E-state index in [1.54, 1.807) is 0 Å². The number of aliphatic hydroxyl groups is 1. The van der Waals surface area contributed by atoms with Crippen LogP contribution in [-0.4, -0.2) is 17.0 Å². The Morgan fingerprint density at radius 2 is 1.75 bits per heavy atom. The molecule has 16 heavy (non-hydrogen) atoms. The van der Waals surface area contributed by atoms with E-state index in [1.165, 1.54) is 6.42 Å². The lowest BCUT2D eigenvalue weighted by Gasteiger charge is -2.32. The van der Waals surface area contributed by atoms with Gasteiger partial charge in [-0.1, -0.05) is 34.1 Å². The Morgan fingerprint density at radius 1 is 1.25 bits per heavy atom. The van der Waals surface area contributed by atoms with Gasteiger partial charge in [0.2, 0.25) is 0 Å². The third kappa shape index (κ3) is 3.31. The summed E-state index contributed by atoms with van der Waals surface area (Å²) in [6.07, 6.45) is 4.70. The summed E-state index contributed by atoms with van der Waals surface area (Å²) in [5.41, 5.74) is -0.321. The number of carbonyl (C=O) groups is 1. The van der Waals surface area contributed by atoms with Crippen molar-refractivity contribution in [3.05, 3.63) is 0 Å². The third-order valence-corrected chi connectivity index (χ3v) is 3.92. The zero-order valence-electron chi connectivity index (χ0n) is 11.1. The smallest absolute Gasteiger partial charge is 0.164 e. The number of rotatable bonds is 3. The van der Waals surface area contributed by atoms with Gasteiger partial charge in [0.15, 0.2) is 5.78 Å². The fourth-order valence-electron chi connectivity index (χ4n) is 2.51. The van der Waals surface area contributed by atoms with Gasteiger partial charge >= 0.3 is 0 Å². The van der Waals surface area contributed by atoms with E-state index < -0.39 is 6.10 Å². The van der Waals surface area contributed by atoms with Crippen LogP contribution in [-0.2, 0) is 4.79 Å². The minimum Gasteiger partial charge on any atom is -0.385 e. The highest BCUT2D eigenvalue weighted by atomic mass is 16.3. The molecule has 1 aliphatic rings. The maximum Gasteiger partial charge on any atom is 0.164 e. The predicted molar refractivity (Wildman–Crippen MR) is 66.2 cm³/mol. The summed E-state index contributed by atoms with van der Waals surface area (Å²) in [4.78, 5) is 12.1. The highest BCUT2D eigenvalue weighted by molar-refractivity contribution is 5.85. The molecule has 0 saturated heterocycles. The van der Waals surface area contributed by atoms with E-state index in [9.17, 15) is 9.90 Å². The Morgan fingerprint density at radius 3 is 2.12 bits per heavy atom. The Labute approximate surface area is 99.4 Å². The highest BCUT2D eigenvalue weighted by Crippen LogP contribution is 2.33. The Kier molecular flexibility index (Phi) is 4.54. The van der Waals surface area contributed by atoms with E-state index in [0.29, 0.717) is 0 Å². The molecule has 0 aromatic rings. The average molecular weight is 226 g/mol. The Balaban J connectivity index is 2.51. The lowest BCUT2D eigenvalue weighted by molar-refractivity contribution is -0.137. The first kappa shape index (κ1) is 13.7. The molecule has 1 fully saturated rings. The van der Waals surface area contributed by atoms with Gasteiger partial charge in [-0.25, -0.2) is 0 Å². The number of carbonyl (C=O) groups excluding carboxylic acids is 1. The molecule has 1 saturated carbocycles. The van der Waals surface area contributed by atoms with Crippen molar-refractivity contribution in [2.45, 2.75) is 65.9 Å². The molecule has 0 radical (unpaired) electrons. The predicted octanol–water partition coefficient (Wildman–Crippen LogP) is 3.18. The summed E-state index contributed by atoms with van der Waals surface area (Å²) >= 11 is 0. The van der Waals surface area contributed by atoms with Gasteiger partial charge in [0.1, 0.15) is 6.10 Å². The van der Waals surface area contributed by atoms with Crippen molar-refractivity contribution >= 4 is 5.78 Å². The van der Waals surface area contributed by atoms with Crippen LogP contribution in [0.1, 0.15) is 59.8 Å². The first-order valence-corrected chi connectivity index (χ1v) is 6.58. The summed E-state index contributed by atoms with van der Waals surface area (Å²) < 4.78 is 0. The second-order valence-electron chi connectivity index (χ2n) is 6.30. The zero-order valence-corrected chi connectivity index (χ0v) is 11.1. The molecular formula is C14H26O2. The largest absolute Gasteiger partial charge is 0.385 e. The number of Topliss-reactive ketones (excluding diaryl/α,β-unsaturated/α-hetero) is 1. The first-order valence-electron chi connectivity index (χ1n) is 6.58. The van der Waals surface area contributed by atoms with Crippen molar-refractivity contribution in [3.63, 3.8) is 0 Å². The van der Waals surface area contributed by atoms with Crippen LogP contribution >= 0.6 is 0 Å². The quantitative estimate of drug-likeness (QED) is 0.802. The highest BCUT2D eigenvalue weighted by Gasteiger charge is 2.35. The molecule has 1 atom stereocenters. The summed E-state index contributed by atoms with van der Waals surface area (Å²) in [6.45, 7) is 7.99. The van der Waals surface area contributed by atoms with E-state index in [4.69, 9.17) is 0 Å². The summed E-state index contributed by atoms with van der Waals surface area (Å²) in [5, 5.41) is 9.98. The van der Waals surface area contributed by atoms with Crippen LogP contribution in [0.5, 0.6) is 0 Å². The van der Waals surface area contributed by atoms with E-state index in [-0.39, 0.29) is 17.1 Å². The summed E-state index contributed by atoms with van der Waals surface area (Å²) in [5.74, 6) is 0.981. The van der Waals surface area contributed by atoms with Crippen LogP contribution < -0.4 is 0 Å². The fraction of sp³-hybridized carbons (Fsp3) is 0.929. The van der Waals surface area contributed by atoms with Gasteiger partial charge in [-0.05, 0) is 37.0 Å². The van der Waals surface area contributed by atoms with Gasteiger partial charge in [-0.15, -0.1) is 0 Å². The lowest BCUT2D eigenvalue weighted by Crippen LogP contribution is -2.39. The molecule has 1 N–H and O–H groups in total. The second kappa shape index (κ2) is 5.31. The topological polar surface area (TPSA) is 37.3 Å². The minimum absolute atomic E-state index is 0.0713. The van der Waals surface area contributed by atoms with E-state index >= 15 is 0 Å². The van der Waals surface area contributed by atoms with E-state index in [0.717, 1.165) is 31.6 Å². The number of aliphatic hydroxyl groups excluding tert-OH is 1. The van der Waals surface area contributed by atoms with Gasteiger partial charge < -0.3 is 5.11 Å². The molecule has 0 heterocycles. The second-order valence-corrected chi connectivity index (χ2v) is 6.30.